The molecule has 2 aromatic carbocycles. The lowest BCUT2D eigenvalue weighted by atomic mass is 10.2. The smallest absolute Gasteiger partial charge is 0.326 e. The van der Waals surface area contributed by atoms with Gasteiger partial charge in [0.25, 0.3) is 11.5 Å². The molecule has 0 aliphatic carbocycles. The zero-order chi connectivity index (χ0) is 20.9. The average molecular weight is 409 g/mol. The van der Waals surface area contributed by atoms with Crippen LogP contribution in [0.4, 0.5) is 5.69 Å². The van der Waals surface area contributed by atoms with Crippen molar-refractivity contribution >= 4 is 28.5 Å². The summed E-state index contributed by atoms with van der Waals surface area (Å²) in [4.78, 5) is 40.7. The lowest BCUT2D eigenvalue weighted by Gasteiger charge is -2.11. The van der Waals surface area contributed by atoms with Crippen LogP contribution in [0.5, 0.6) is 11.5 Å². The third kappa shape index (κ3) is 4.40. The highest BCUT2D eigenvalue weighted by Crippen LogP contribution is 2.32. The fraction of sp³-hybridized carbons (Fsp3) is 0.238. The van der Waals surface area contributed by atoms with Gasteiger partial charge in [0.05, 0.1) is 30.4 Å². The Kier molecular flexibility index (Phi) is 5.60. The molecule has 0 spiro atoms. The number of amides is 1. The topological polar surface area (TPSA) is 109 Å². The number of benzene rings is 2. The molecule has 1 aromatic heterocycles. The molecule has 4 rings (SSSR count). The summed E-state index contributed by atoms with van der Waals surface area (Å²) in [5, 5.41) is 3.04. The highest BCUT2D eigenvalue weighted by molar-refractivity contribution is 5.93. The van der Waals surface area contributed by atoms with E-state index in [-0.39, 0.29) is 12.1 Å². The fourth-order valence-corrected chi connectivity index (χ4v) is 2.99. The van der Waals surface area contributed by atoms with E-state index in [1.54, 1.807) is 42.5 Å². The Labute approximate surface area is 171 Å². The predicted molar refractivity (Wildman–Crippen MR) is 108 cm³/mol. The van der Waals surface area contributed by atoms with E-state index in [0.29, 0.717) is 41.3 Å². The molecule has 30 heavy (non-hydrogen) atoms. The molecule has 0 atom stereocenters. The molecule has 154 valence electrons. The van der Waals surface area contributed by atoms with Crippen LogP contribution in [0.3, 0.4) is 0 Å². The lowest BCUT2D eigenvalue weighted by Crippen LogP contribution is -2.28. The SMILES string of the molecule is O=C(COC(=O)Cn1cnc2ccccc2c1=O)Nc1ccc2c(c1)OCCCO2. The number of para-hydroxylation sites is 1. The third-order valence-corrected chi connectivity index (χ3v) is 4.43. The number of esters is 1. The molecule has 1 aliphatic heterocycles. The number of nitrogens with one attached hydrogen (secondary N) is 1. The van der Waals surface area contributed by atoms with Crippen molar-refractivity contribution in [3.63, 3.8) is 0 Å². The summed E-state index contributed by atoms with van der Waals surface area (Å²) in [6.07, 6.45) is 2.06. The third-order valence-electron chi connectivity index (χ3n) is 4.43. The van der Waals surface area contributed by atoms with Gasteiger partial charge in [-0.3, -0.25) is 19.0 Å². The zero-order valence-electron chi connectivity index (χ0n) is 16.0. The molecular formula is C21H19N3O6. The Morgan fingerprint density at radius 3 is 2.77 bits per heavy atom. The van der Waals surface area contributed by atoms with Gasteiger partial charge in [-0.2, -0.15) is 0 Å². The Bertz CT molecular complexity index is 1160. The summed E-state index contributed by atoms with van der Waals surface area (Å²) in [5.41, 5.74) is 0.686. The highest BCUT2D eigenvalue weighted by Gasteiger charge is 2.14. The Morgan fingerprint density at radius 1 is 1.10 bits per heavy atom. The van der Waals surface area contributed by atoms with E-state index < -0.39 is 18.5 Å². The Balaban J connectivity index is 1.33. The van der Waals surface area contributed by atoms with Crippen LogP contribution in [0.2, 0.25) is 0 Å². The molecule has 1 aliphatic rings. The number of ether oxygens (including phenoxy) is 3. The lowest BCUT2D eigenvalue weighted by molar-refractivity contribution is -0.147. The molecule has 0 unspecified atom stereocenters. The van der Waals surface area contributed by atoms with Crippen LogP contribution in [-0.4, -0.2) is 41.2 Å². The first kappa shape index (κ1) is 19.4. The maximum atomic E-state index is 12.4. The van der Waals surface area contributed by atoms with E-state index in [1.165, 1.54) is 6.33 Å². The van der Waals surface area contributed by atoms with Crippen LogP contribution in [0, 0.1) is 0 Å². The van der Waals surface area contributed by atoms with Crippen LogP contribution in [0.1, 0.15) is 6.42 Å². The minimum absolute atomic E-state index is 0.339. The van der Waals surface area contributed by atoms with Gasteiger partial charge in [-0.15, -0.1) is 0 Å². The van der Waals surface area contributed by atoms with Crippen LogP contribution in [-0.2, 0) is 20.9 Å². The van der Waals surface area contributed by atoms with Crippen molar-refractivity contribution < 1.29 is 23.8 Å². The van der Waals surface area contributed by atoms with Gasteiger partial charge >= 0.3 is 5.97 Å². The number of fused-ring (bicyclic) bond motifs is 2. The van der Waals surface area contributed by atoms with E-state index in [2.05, 4.69) is 10.3 Å². The van der Waals surface area contributed by atoms with Gasteiger partial charge in [0.2, 0.25) is 0 Å². The number of anilines is 1. The van der Waals surface area contributed by atoms with Gasteiger partial charge < -0.3 is 19.5 Å². The summed E-state index contributed by atoms with van der Waals surface area (Å²) in [7, 11) is 0. The number of carbonyl (C=O) groups is 2. The molecular weight excluding hydrogens is 390 g/mol. The van der Waals surface area contributed by atoms with Gasteiger partial charge in [-0.25, -0.2) is 4.98 Å². The van der Waals surface area contributed by atoms with E-state index in [9.17, 15) is 14.4 Å². The van der Waals surface area contributed by atoms with Crippen LogP contribution in [0.15, 0.2) is 53.6 Å². The Morgan fingerprint density at radius 2 is 1.90 bits per heavy atom. The van der Waals surface area contributed by atoms with Crippen molar-refractivity contribution in [2.24, 2.45) is 0 Å². The normalized spacial score (nSPS) is 12.8. The van der Waals surface area contributed by atoms with E-state index in [1.807, 2.05) is 0 Å². The second-order valence-corrected chi connectivity index (χ2v) is 6.62. The molecule has 3 aromatic rings. The standard InChI is InChI=1S/C21H19N3O6/c25-19(23-14-6-7-17-18(10-14)29-9-3-8-28-17)12-30-20(26)11-24-13-22-16-5-2-1-4-15(16)21(24)27/h1-2,4-7,10,13H,3,8-9,11-12H2,(H,23,25). The highest BCUT2D eigenvalue weighted by atomic mass is 16.5. The summed E-state index contributed by atoms with van der Waals surface area (Å²) in [6, 6.07) is 11.9. The molecule has 0 saturated carbocycles. The number of carbonyl (C=O) groups excluding carboxylic acids is 2. The van der Waals surface area contributed by atoms with Gasteiger partial charge in [-0.05, 0) is 24.3 Å². The van der Waals surface area contributed by atoms with Crippen LogP contribution >= 0.6 is 0 Å². The molecule has 9 heteroatoms. The molecule has 0 radical (unpaired) electrons. The van der Waals surface area contributed by atoms with E-state index >= 15 is 0 Å². The number of hydrogen-bond donors (Lipinski definition) is 1. The maximum Gasteiger partial charge on any atom is 0.326 e. The van der Waals surface area contributed by atoms with Gasteiger partial charge in [0.1, 0.15) is 6.54 Å². The first-order valence-corrected chi connectivity index (χ1v) is 9.39. The zero-order valence-corrected chi connectivity index (χ0v) is 16.0. The van der Waals surface area contributed by atoms with Crippen LogP contribution < -0.4 is 20.3 Å². The van der Waals surface area contributed by atoms with E-state index in [0.717, 1.165) is 11.0 Å². The molecule has 1 amide bonds. The number of nitrogens with zero attached hydrogens (tertiary/aromatic N) is 2. The molecule has 0 fully saturated rings. The Hall–Kier alpha value is -3.88. The summed E-state index contributed by atoms with van der Waals surface area (Å²) >= 11 is 0. The molecule has 0 saturated heterocycles. The minimum Gasteiger partial charge on any atom is -0.490 e. The monoisotopic (exact) mass is 409 g/mol. The van der Waals surface area contributed by atoms with Gasteiger partial charge in [-0.1, -0.05) is 12.1 Å². The predicted octanol–water partition coefficient (Wildman–Crippen LogP) is 1.74. The fourth-order valence-electron chi connectivity index (χ4n) is 2.99. The second-order valence-electron chi connectivity index (χ2n) is 6.62. The summed E-state index contributed by atoms with van der Waals surface area (Å²) in [5.74, 6) is -0.0679. The number of aromatic nitrogens is 2. The molecule has 9 nitrogen and oxygen atoms in total. The van der Waals surface area contributed by atoms with Crippen molar-refractivity contribution in [1.82, 2.24) is 9.55 Å². The van der Waals surface area contributed by atoms with Gasteiger partial charge in [0, 0.05) is 18.2 Å². The maximum absolute atomic E-state index is 12.4. The summed E-state index contributed by atoms with van der Waals surface area (Å²) < 4.78 is 17.2. The first-order valence-electron chi connectivity index (χ1n) is 9.39. The van der Waals surface area contributed by atoms with E-state index in [4.69, 9.17) is 14.2 Å². The van der Waals surface area contributed by atoms with Crippen molar-refractivity contribution in [2.45, 2.75) is 13.0 Å². The van der Waals surface area contributed by atoms with Crippen molar-refractivity contribution in [3.05, 3.63) is 59.1 Å². The van der Waals surface area contributed by atoms with Crippen molar-refractivity contribution in [2.75, 3.05) is 25.1 Å². The molecule has 1 N–H and O–H groups in total. The van der Waals surface area contributed by atoms with Crippen molar-refractivity contribution in [3.8, 4) is 11.5 Å². The van der Waals surface area contributed by atoms with Crippen LogP contribution in [0.25, 0.3) is 10.9 Å². The first-order chi connectivity index (χ1) is 14.6. The second kappa shape index (κ2) is 8.64. The average Bonchev–Trinajstić information content (AvgIpc) is 2.99. The number of hydrogen-bond acceptors (Lipinski definition) is 7. The molecule has 0 bridgehead atoms. The quantitative estimate of drug-likeness (QED) is 0.640. The minimum atomic E-state index is -0.719. The largest absolute Gasteiger partial charge is 0.490 e. The number of rotatable bonds is 5. The van der Waals surface area contributed by atoms with Gasteiger partial charge in [0.15, 0.2) is 18.1 Å². The molecule has 2 heterocycles. The van der Waals surface area contributed by atoms with Crippen molar-refractivity contribution in [1.29, 1.82) is 0 Å². The summed E-state index contributed by atoms with van der Waals surface area (Å²) in [6.45, 7) is 0.284.